The number of H-pyrrole nitrogens is 1. The molecule has 3 aromatic heterocycles. The van der Waals surface area contributed by atoms with E-state index in [4.69, 9.17) is 14.5 Å². The van der Waals surface area contributed by atoms with Gasteiger partial charge in [-0.2, -0.15) is 5.10 Å². The lowest BCUT2D eigenvalue weighted by atomic mass is 10.2. The van der Waals surface area contributed by atoms with Gasteiger partial charge in [0.05, 0.1) is 18.2 Å². The molecule has 0 saturated carbocycles. The van der Waals surface area contributed by atoms with Gasteiger partial charge in [0, 0.05) is 32.5 Å². The molecule has 0 fully saturated rings. The van der Waals surface area contributed by atoms with Crippen molar-refractivity contribution in [3.63, 3.8) is 0 Å². The molecular formula is C22H15BrN4OS. The van der Waals surface area contributed by atoms with E-state index in [1.165, 1.54) is 11.3 Å². The second-order valence-electron chi connectivity index (χ2n) is 6.32. The first kappa shape index (κ1) is 17.9. The van der Waals surface area contributed by atoms with Crippen LogP contribution in [0, 0.1) is 0 Å². The van der Waals surface area contributed by atoms with Crippen molar-refractivity contribution < 1.29 is 4.42 Å². The van der Waals surface area contributed by atoms with Crippen LogP contribution in [0.15, 0.2) is 97.5 Å². The third kappa shape index (κ3) is 3.62. The minimum atomic E-state index is 0.745. The van der Waals surface area contributed by atoms with Gasteiger partial charge in [-0.25, -0.2) is 9.67 Å². The fourth-order valence-corrected chi connectivity index (χ4v) is 4.24. The number of nitrogens with one attached hydrogen (secondary N) is 1. The Balaban J connectivity index is 1.64. The third-order valence-electron chi connectivity index (χ3n) is 4.43. The minimum absolute atomic E-state index is 0.745. The van der Waals surface area contributed by atoms with Crippen molar-refractivity contribution in [2.45, 2.75) is 0 Å². The number of hydrogen-bond acceptors (Lipinski definition) is 4. The van der Waals surface area contributed by atoms with Gasteiger partial charge in [-0.1, -0.05) is 34.1 Å². The molecule has 1 N–H and O–H groups in total. The molecule has 0 amide bonds. The number of hydrogen-bond donors (Lipinski definition) is 1. The number of aromatic nitrogens is 2. The number of halogens is 1. The van der Waals surface area contributed by atoms with Crippen LogP contribution in [0.4, 0.5) is 5.69 Å². The number of aromatic amines is 1. The van der Waals surface area contributed by atoms with Crippen LogP contribution in [0.3, 0.4) is 0 Å². The topological polar surface area (TPSA) is 58.6 Å². The molecule has 5 rings (SSSR count). The van der Waals surface area contributed by atoms with Crippen LogP contribution in [0.2, 0.25) is 0 Å². The average Bonchev–Trinajstić information content (AvgIpc) is 3.47. The maximum absolute atomic E-state index is 5.60. The van der Waals surface area contributed by atoms with Gasteiger partial charge in [0.25, 0.3) is 0 Å². The van der Waals surface area contributed by atoms with Gasteiger partial charge >= 0.3 is 0 Å². The number of nitrogens with zero attached hydrogens (tertiary/aromatic N) is 3. The summed E-state index contributed by atoms with van der Waals surface area (Å²) >= 11 is 5.06. The molecule has 5 nitrogen and oxygen atoms in total. The van der Waals surface area contributed by atoms with E-state index in [1.54, 1.807) is 6.26 Å². The first-order valence-electron chi connectivity index (χ1n) is 8.93. The van der Waals surface area contributed by atoms with Crippen LogP contribution in [0.5, 0.6) is 0 Å². The van der Waals surface area contributed by atoms with Crippen LogP contribution in [-0.4, -0.2) is 15.9 Å². The quantitative estimate of drug-likeness (QED) is 0.319. The van der Waals surface area contributed by atoms with E-state index in [-0.39, 0.29) is 0 Å². The Morgan fingerprint density at radius 3 is 2.79 bits per heavy atom. The molecule has 0 spiro atoms. The summed E-state index contributed by atoms with van der Waals surface area (Å²) in [6.07, 6.45) is 5.45. The largest absolute Gasteiger partial charge is 0.463 e. The fourth-order valence-electron chi connectivity index (χ4n) is 3.04. The molecule has 2 aromatic carbocycles. The van der Waals surface area contributed by atoms with Crippen LogP contribution in [-0.2, 0) is 0 Å². The van der Waals surface area contributed by atoms with Crippen molar-refractivity contribution in [3.05, 3.63) is 93.3 Å². The molecule has 7 heteroatoms. The Labute approximate surface area is 178 Å². The SMILES string of the molecule is Brc1ccc2[nH]cc(C=Nn3c(-c4ccco4)csc3=Nc3ccccc3)c2c1. The van der Waals surface area contributed by atoms with Gasteiger partial charge in [0.1, 0.15) is 5.69 Å². The summed E-state index contributed by atoms with van der Waals surface area (Å²) in [5, 5.41) is 7.85. The maximum Gasteiger partial charge on any atom is 0.211 e. The number of furan rings is 1. The minimum Gasteiger partial charge on any atom is -0.463 e. The summed E-state index contributed by atoms with van der Waals surface area (Å²) in [6, 6.07) is 19.8. The van der Waals surface area contributed by atoms with Crippen molar-refractivity contribution in [1.29, 1.82) is 0 Å². The Morgan fingerprint density at radius 2 is 1.97 bits per heavy atom. The zero-order valence-corrected chi connectivity index (χ0v) is 17.5. The molecule has 0 atom stereocenters. The number of thiazole rings is 1. The highest BCUT2D eigenvalue weighted by atomic mass is 79.9. The predicted octanol–water partition coefficient (Wildman–Crippen LogP) is 6.17. The van der Waals surface area contributed by atoms with E-state index in [0.717, 1.165) is 42.9 Å². The van der Waals surface area contributed by atoms with E-state index < -0.39 is 0 Å². The Kier molecular flexibility index (Phi) is 4.75. The van der Waals surface area contributed by atoms with Crippen molar-refractivity contribution >= 4 is 50.1 Å². The molecule has 0 unspecified atom stereocenters. The van der Waals surface area contributed by atoms with Gasteiger partial charge in [0.2, 0.25) is 4.80 Å². The van der Waals surface area contributed by atoms with Gasteiger partial charge < -0.3 is 9.40 Å². The van der Waals surface area contributed by atoms with Crippen molar-refractivity contribution in [3.8, 4) is 11.5 Å². The molecule has 0 aliphatic carbocycles. The normalized spacial score (nSPS) is 12.4. The smallest absolute Gasteiger partial charge is 0.211 e. The summed E-state index contributed by atoms with van der Waals surface area (Å²) in [5.74, 6) is 0.745. The summed E-state index contributed by atoms with van der Waals surface area (Å²) < 4.78 is 8.44. The summed E-state index contributed by atoms with van der Waals surface area (Å²) in [5.41, 5.74) is 3.79. The number of para-hydroxylation sites is 1. The van der Waals surface area contributed by atoms with Crippen LogP contribution >= 0.6 is 27.3 Å². The highest BCUT2D eigenvalue weighted by Crippen LogP contribution is 2.23. The monoisotopic (exact) mass is 462 g/mol. The molecule has 29 heavy (non-hydrogen) atoms. The Bertz CT molecular complexity index is 1360. The van der Waals surface area contributed by atoms with Gasteiger partial charge in [-0.15, -0.1) is 11.3 Å². The van der Waals surface area contributed by atoms with Gasteiger partial charge in [0.15, 0.2) is 5.76 Å². The standard InChI is InChI=1S/C22H15BrN4OS/c23-16-8-9-19-18(11-16)15(12-24-19)13-25-27-20(21-7-4-10-28-21)14-29-22(27)26-17-5-2-1-3-6-17/h1-14,24H. The Hall–Kier alpha value is -3.16. The maximum atomic E-state index is 5.60. The first-order chi connectivity index (χ1) is 14.3. The van der Waals surface area contributed by atoms with E-state index in [2.05, 4.69) is 27.0 Å². The molecule has 0 aliphatic heterocycles. The van der Waals surface area contributed by atoms with Gasteiger partial charge in [-0.05, 0) is 42.5 Å². The fraction of sp³-hybridized carbons (Fsp3) is 0. The van der Waals surface area contributed by atoms with Gasteiger partial charge in [-0.3, -0.25) is 0 Å². The molecule has 3 heterocycles. The summed E-state index contributed by atoms with van der Waals surface area (Å²) in [7, 11) is 0. The molecule has 0 radical (unpaired) electrons. The van der Waals surface area contributed by atoms with Crippen molar-refractivity contribution in [2.24, 2.45) is 10.1 Å². The Morgan fingerprint density at radius 1 is 1.07 bits per heavy atom. The number of rotatable bonds is 4. The average molecular weight is 463 g/mol. The van der Waals surface area contributed by atoms with Crippen molar-refractivity contribution in [1.82, 2.24) is 9.66 Å². The second-order valence-corrected chi connectivity index (χ2v) is 8.07. The predicted molar refractivity (Wildman–Crippen MR) is 121 cm³/mol. The first-order valence-corrected chi connectivity index (χ1v) is 10.6. The van der Waals surface area contributed by atoms with E-state index in [9.17, 15) is 0 Å². The molecule has 0 saturated heterocycles. The lowest BCUT2D eigenvalue weighted by Crippen LogP contribution is -2.11. The second kappa shape index (κ2) is 7.69. The zero-order valence-electron chi connectivity index (χ0n) is 15.1. The third-order valence-corrected chi connectivity index (χ3v) is 5.74. The summed E-state index contributed by atoms with van der Waals surface area (Å²) in [4.78, 5) is 8.80. The van der Waals surface area contributed by atoms with Crippen LogP contribution in [0.25, 0.3) is 22.4 Å². The highest BCUT2D eigenvalue weighted by Gasteiger charge is 2.10. The molecule has 0 bridgehead atoms. The highest BCUT2D eigenvalue weighted by molar-refractivity contribution is 9.10. The van der Waals surface area contributed by atoms with Crippen LogP contribution in [0.1, 0.15) is 5.56 Å². The molecule has 5 aromatic rings. The zero-order chi connectivity index (χ0) is 19.6. The molecule has 0 aliphatic rings. The number of benzene rings is 2. The lowest BCUT2D eigenvalue weighted by molar-refractivity contribution is 0.575. The van der Waals surface area contributed by atoms with E-state index in [1.807, 2.05) is 77.1 Å². The number of fused-ring (bicyclic) bond motifs is 1. The summed E-state index contributed by atoms with van der Waals surface area (Å²) in [6.45, 7) is 0. The lowest BCUT2D eigenvalue weighted by Gasteiger charge is -2.00. The van der Waals surface area contributed by atoms with E-state index >= 15 is 0 Å². The molecule has 142 valence electrons. The van der Waals surface area contributed by atoms with Crippen molar-refractivity contribution in [2.75, 3.05) is 0 Å². The van der Waals surface area contributed by atoms with Crippen LogP contribution < -0.4 is 4.80 Å². The van der Waals surface area contributed by atoms with E-state index in [0.29, 0.717) is 0 Å². The molecular weight excluding hydrogens is 448 g/mol.